The van der Waals surface area contributed by atoms with Crippen LogP contribution in [-0.4, -0.2) is 24.8 Å². The summed E-state index contributed by atoms with van der Waals surface area (Å²) in [5, 5.41) is 13.4. The van der Waals surface area contributed by atoms with Gasteiger partial charge in [-0.25, -0.2) is 9.97 Å². The summed E-state index contributed by atoms with van der Waals surface area (Å²) in [5.74, 6) is -0.490. The fraction of sp³-hybridized carbons (Fsp3) is 0.118. The average Bonchev–Trinajstić information content (AvgIpc) is 3.12. The molecule has 0 radical (unpaired) electrons. The average molecular weight is 366 g/mol. The lowest BCUT2D eigenvalue weighted by atomic mass is 10.2. The third-order valence-corrected chi connectivity index (χ3v) is 4.85. The van der Waals surface area contributed by atoms with E-state index in [0.717, 1.165) is 5.56 Å². The van der Waals surface area contributed by atoms with Crippen molar-refractivity contribution in [1.82, 2.24) is 18.9 Å². The van der Waals surface area contributed by atoms with Crippen LogP contribution in [0.2, 0.25) is 0 Å². The molecule has 0 atom stereocenters. The molecule has 4 heterocycles. The molecule has 0 fully saturated rings. The number of nitrogens with zero attached hydrogens (tertiary/aromatic N) is 4. The SMILES string of the molecule is Cc1cccn2c(=O)c3cc(C(=O)Nc4nccs4)c(=N)n(C)c3nc12. The topological polar surface area (TPSA) is 105 Å². The van der Waals surface area contributed by atoms with Crippen molar-refractivity contribution in [3.05, 3.63) is 62.9 Å². The molecule has 2 N–H and O–H groups in total. The Kier molecular flexibility index (Phi) is 3.66. The van der Waals surface area contributed by atoms with Crippen LogP contribution in [0.1, 0.15) is 15.9 Å². The van der Waals surface area contributed by atoms with Crippen molar-refractivity contribution in [2.75, 3.05) is 5.32 Å². The molecule has 1 amide bonds. The quantitative estimate of drug-likeness (QED) is 0.527. The van der Waals surface area contributed by atoms with E-state index in [9.17, 15) is 9.59 Å². The number of carbonyl (C=O) groups is 1. The zero-order valence-electron chi connectivity index (χ0n) is 14.0. The van der Waals surface area contributed by atoms with Crippen LogP contribution in [0.3, 0.4) is 0 Å². The van der Waals surface area contributed by atoms with Gasteiger partial charge < -0.3 is 4.57 Å². The predicted octanol–water partition coefficient (Wildman–Crippen LogP) is 1.68. The van der Waals surface area contributed by atoms with Crippen LogP contribution in [0, 0.1) is 12.3 Å². The van der Waals surface area contributed by atoms with Crippen molar-refractivity contribution < 1.29 is 4.79 Å². The number of aromatic nitrogens is 4. The van der Waals surface area contributed by atoms with Crippen LogP contribution in [-0.2, 0) is 7.05 Å². The number of nitrogens with one attached hydrogen (secondary N) is 2. The van der Waals surface area contributed by atoms with E-state index in [2.05, 4.69) is 15.3 Å². The van der Waals surface area contributed by atoms with Gasteiger partial charge in [-0.05, 0) is 24.6 Å². The van der Waals surface area contributed by atoms with E-state index in [0.29, 0.717) is 16.4 Å². The van der Waals surface area contributed by atoms with Gasteiger partial charge in [0.05, 0.1) is 10.9 Å². The summed E-state index contributed by atoms with van der Waals surface area (Å²) in [5.41, 5.74) is 1.51. The van der Waals surface area contributed by atoms with Crippen molar-refractivity contribution in [3.63, 3.8) is 0 Å². The highest BCUT2D eigenvalue weighted by Crippen LogP contribution is 2.14. The zero-order chi connectivity index (χ0) is 18.4. The molecule has 0 saturated heterocycles. The minimum Gasteiger partial charge on any atom is -0.313 e. The molecule has 0 aliphatic heterocycles. The number of anilines is 1. The number of aryl methyl sites for hydroxylation is 2. The van der Waals surface area contributed by atoms with Gasteiger partial charge in [-0.15, -0.1) is 11.3 Å². The highest BCUT2D eigenvalue weighted by molar-refractivity contribution is 7.13. The maximum atomic E-state index is 12.9. The van der Waals surface area contributed by atoms with E-state index < -0.39 is 5.91 Å². The summed E-state index contributed by atoms with van der Waals surface area (Å²) < 4.78 is 2.89. The van der Waals surface area contributed by atoms with E-state index in [1.54, 1.807) is 30.9 Å². The second-order valence-corrected chi connectivity index (χ2v) is 6.69. The molecule has 4 aromatic rings. The van der Waals surface area contributed by atoms with Gasteiger partial charge >= 0.3 is 0 Å². The van der Waals surface area contributed by atoms with E-state index in [1.807, 2.05) is 13.0 Å². The smallest absolute Gasteiger partial charge is 0.267 e. The fourth-order valence-electron chi connectivity index (χ4n) is 2.80. The first-order chi connectivity index (χ1) is 12.5. The number of carbonyl (C=O) groups excluding carboxylic acids is 1. The lowest BCUT2D eigenvalue weighted by molar-refractivity contribution is 0.102. The second kappa shape index (κ2) is 5.88. The van der Waals surface area contributed by atoms with Gasteiger partial charge in [-0.2, -0.15) is 0 Å². The Labute approximate surface area is 150 Å². The molecule has 26 heavy (non-hydrogen) atoms. The van der Waals surface area contributed by atoms with Gasteiger partial charge in [0, 0.05) is 24.8 Å². The third kappa shape index (κ3) is 2.40. The fourth-order valence-corrected chi connectivity index (χ4v) is 3.33. The number of rotatable bonds is 2. The van der Waals surface area contributed by atoms with Gasteiger partial charge in [0.2, 0.25) is 0 Å². The van der Waals surface area contributed by atoms with Crippen LogP contribution >= 0.6 is 11.3 Å². The molecule has 130 valence electrons. The molecular weight excluding hydrogens is 352 g/mol. The largest absolute Gasteiger partial charge is 0.313 e. The highest BCUT2D eigenvalue weighted by Gasteiger charge is 2.17. The number of hydrogen-bond donors (Lipinski definition) is 2. The summed E-state index contributed by atoms with van der Waals surface area (Å²) in [7, 11) is 1.62. The van der Waals surface area contributed by atoms with Gasteiger partial charge in [0.25, 0.3) is 11.5 Å². The molecule has 0 aliphatic rings. The Morgan fingerprint density at radius 1 is 1.35 bits per heavy atom. The minimum atomic E-state index is -0.490. The molecule has 0 unspecified atom stereocenters. The lowest BCUT2D eigenvalue weighted by Gasteiger charge is -2.11. The Balaban J connectivity index is 2.00. The summed E-state index contributed by atoms with van der Waals surface area (Å²) in [4.78, 5) is 34.0. The summed E-state index contributed by atoms with van der Waals surface area (Å²) in [6, 6.07) is 5.06. The van der Waals surface area contributed by atoms with E-state index in [-0.39, 0.29) is 22.0 Å². The third-order valence-electron chi connectivity index (χ3n) is 4.16. The monoisotopic (exact) mass is 366 g/mol. The Hall–Kier alpha value is -3.33. The summed E-state index contributed by atoms with van der Waals surface area (Å²) in [6.45, 7) is 1.87. The van der Waals surface area contributed by atoms with Crippen molar-refractivity contribution in [2.24, 2.45) is 7.05 Å². The molecule has 0 saturated carbocycles. The van der Waals surface area contributed by atoms with Gasteiger partial charge in [-0.3, -0.25) is 24.7 Å². The molecule has 0 bridgehead atoms. The van der Waals surface area contributed by atoms with E-state index in [1.165, 1.54) is 26.4 Å². The molecule has 0 spiro atoms. The molecule has 9 heteroatoms. The second-order valence-electron chi connectivity index (χ2n) is 5.80. The standard InChI is InChI=1S/C17H14N6O2S/c1-9-4-3-6-23-13(9)20-14-11(16(23)25)8-10(12(18)22(14)2)15(24)21-17-19-5-7-26-17/h3-8,18H,1-2H3,(H,19,21,24). The van der Waals surface area contributed by atoms with Gasteiger partial charge in [0.15, 0.2) is 5.13 Å². The lowest BCUT2D eigenvalue weighted by Crippen LogP contribution is -2.30. The van der Waals surface area contributed by atoms with Crippen molar-refractivity contribution in [1.29, 1.82) is 5.41 Å². The van der Waals surface area contributed by atoms with Crippen LogP contribution in [0.5, 0.6) is 0 Å². The van der Waals surface area contributed by atoms with Crippen molar-refractivity contribution in [3.8, 4) is 0 Å². The number of pyridine rings is 2. The molecule has 0 aliphatic carbocycles. The van der Waals surface area contributed by atoms with E-state index >= 15 is 0 Å². The van der Waals surface area contributed by atoms with Crippen LogP contribution in [0.4, 0.5) is 5.13 Å². The molecular formula is C17H14N6O2S. The van der Waals surface area contributed by atoms with Crippen LogP contribution < -0.4 is 16.4 Å². The van der Waals surface area contributed by atoms with Crippen LogP contribution in [0.15, 0.2) is 40.8 Å². The number of thiazole rings is 1. The Morgan fingerprint density at radius 2 is 2.15 bits per heavy atom. The first-order valence-corrected chi connectivity index (χ1v) is 8.62. The maximum Gasteiger partial charge on any atom is 0.267 e. The maximum absolute atomic E-state index is 12.9. The number of amides is 1. The minimum absolute atomic E-state index is 0.0311. The summed E-state index contributed by atoms with van der Waals surface area (Å²) >= 11 is 1.28. The Morgan fingerprint density at radius 3 is 2.88 bits per heavy atom. The first kappa shape index (κ1) is 16.2. The highest BCUT2D eigenvalue weighted by atomic mass is 32.1. The van der Waals surface area contributed by atoms with Crippen LogP contribution in [0.25, 0.3) is 16.7 Å². The van der Waals surface area contributed by atoms with E-state index in [4.69, 9.17) is 5.41 Å². The molecule has 0 aromatic carbocycles. The van der Waals surface area contributed by atoms with Crippen molar-refractivity contribution >= 4 is 39.1 Å². The Bertz CT molecular complexity index is 1290. The normalized spacial score (nSPS) is 11.2. The molecule has 8 nitrogen and oxygen atoms in total. The summed E-state index contributed by atoms with van der Waals surface area (Å²) in [6.07, 6.45) is 3.22. The zero-order valence-corrected chi connectivity index (χ0v) is 14.8. The first-order valence-electron chi connectivity index (χ1n) is 7.74. The molecule has 4 aromatic heterocycles. The van der Waals surface area contributed by atoms with Gasteiger partial charge in [0.1, 0.15) is 16.8 Å². The number of fused-ring (bicyclic) bond motifs is 2. The number of hydrogen-bond acceptors (Lipinski definition) is 6. The predicted molar refractivity (Wildman–Crippen MR) is 98.6 cm³/mol. The van der Waals surface area contributed by atoms with Gasteiger partial charge in [-0.1, -0.05) is 6.07 Å². The molecule has 4 rings (SSSR count). The van der Waals surface area contributed by atoms with Crippen molar-refractivity contribution in [2.45, 2.75) is 6.92 Å².